The van der Waals surface area contributed by atoms with Crippen molar-refractivity contribution in [2.24, 2.45) is 0 Å². The van der Waals surface area contributed by atoms with Crippen LogP contribution in [-0.4, -0.2) is 9.97 Å². The molecule has 0 unspecified atom stereocenters. The Morgan fingerprint density at radius 2 is 1.27 bits per heavy atom. The van der Waals surface area contributed by atoms with Crippen LogP contribution in [0, 0.1) is 0 Å². The Morgan fingerprint density at radius 1 is 0.515 bits per heavy atom. The Hall–Kier alpha value is -4.50. The molecule has 3 heteroatoms. The maximum atomic E-state index is 6.21. The van der Waals surface area contributed by atoms with E-state index in [9.17, 15) is 0 Å². The topological polar surface area (TPSA) is 38.9 Å². The largest absolute Gasteiger partial charge is 0.455 e. The fourth-order valence-electron chi connectivity index (χ4n) is 4.67. The van der Waals surface area contributed by atoms with Crippen molar-refractivity contribution in [3.63, 3.8) is 0 Å². The van der Waals surface area contributed by atoms with Crippen molar-refractivity contribution in [2.75, 3.05) is 0 Å². The summed E-state index contributed by atoms with van der Waals surface area (Å²) >= 11 is 0. The van der Waals surface area contributed by atoms with Crippen LogP contribution in [0.5, 0.6) is 0 Å². The van der Waals surface area contributed by atoms with Crippen LogP contribution in [0.4, 0.5) is 0 Å². The lowest BCUT2D eigenvalue weighted by molar-refractivity contribution is 0.672. The highest BCUT2D eigenvalue weighted by atomic mass is 16.3. The second kappa shape index (κ2) is 7.01. The molecule has 154 valence electrons. The van der Waals surface area contributed by atoms with Gasteiger partial charge in [0.1, 0.15) is 11.2 Å². The van der Waals surface area contributed by atoms with Crippen LogP contribution in [0.3, 0.4) is 0 Å². The van der Waals surface area contributed by atoms with Gasteiger partial charge in [0.05, 0.1) is 11.2 Å². The fraction of sp³-hybridized carbons (Fsp3) is 0. The highest BCUT2D eigenvalue weighted by molar-refractivity contribution is 6.15. The fourth-order valence-corrected chi connectivity index (χ4v) is 4.67. The molecule has 0 N–H and O–H groups in total. The van der Waals surface area contributed by atoms with Crippen LogP contribution in [0.15, 0.2) is 114 Å². The van der Waals surface area contributed by atoms with E-state index in [0.29, 0.717) is 0 Å². The van der Waals surface area contributed by atoms with Gasteiger partial charge in [-0.1, -0.05) is 78.9 Å². The number of hydrogen-bond acceptors (Lipinski definition) is 3. The van der Waals surface area contributed by atoms with Gasteiger partial charge in [-0.15, -0.1) is 0 Å². The van der Waals surface area contributed by atoms with Crippen molar-refractivity contribution < 1.29 is 4.42 Å². The lowest BCUT2D eigenvalue weighted by Gasteiger charge is -2.10. The maximum Gasteiger partial charge on any atom is 0.160 e. The highest BCUT2D eigenvalue weighted by Crippen LogP contribution is 2.36. The van der Waals surface area contributed by atoms with Crippen molar-refractivity contribution in [3.8, 4) is 22.6 Å². The molecule has 33 heavy (non-hydrogen) atoms. The minimum Gasteiger partial charge on any atom is -0.455 e. The molecule has 2 heterocycles. The number of benzene rings is 5. The van der Waals surface area contributed by atoms with Gasteiger partial charge < -0.3 is 4.42 Å². The van der Waals surface area contributed by atoms with Crippen LogP contribution >= 0.6 is 0 Å². The molecule has 0 spiro atoms. The number of fused-ring (bicyclic) bond motifs is 6. The number of hydrogen-bond donors (Lipinski definition) is 0. The molecule has 0 aliphatic carbocycles. The molecule has 0 bridgehead atoms. The number of furan rings is 1. The van der Waals surface area contributed by atoms with Gasteiger partial charge in [-0.2, -0.15) is 0 Å². The average molecular weight is 422 g/mol. The van der Waals surface area contributed by atoms with E-state index >= 15 is 0 Å². The average Bonchev–Trinajstić information content (AvgIpc) is 3.27. The minimum absolute atomic E-state index is 0.721. The Morgan fingerprint density at radius 3 is 2.18 bits per heavy atom. The molecule has 0 amide bonds. The lowest BCUT2D eigenvalue weighted by atomic mass is 10.0. The van der Waals surface area contributed by atoms with E-state index in [-0.39, 0.29) is 0 Å². The summed E-state index contributed by atoms with van der Waals surface area (Å²) in [5.41, 5.74) is 5.79. The first-order chi connectivity index (χ1) is 16.3. The third kappa shape index (κ3) is 2.83. The molecule has 0 aliphatic rings. The smallest absolute Gasteiger partial charge is 0.160 e. The first-order valence-electron chi connectivity index (χ1n) is 11.0. The molecule has 5 aromatic carbocycles. The second-order valence-corrected chi connectivity index (χ2v) is 8.26. The summed E-state index contributed by atoms with van der Waals surface area (Å²) in [7, 11) is 0. The normalized spacial score (nSPS) is 11.6. The molecule has 3 nitrogen and oxygen atoms in total. The summed E-state index contributed by atoms with van der Waals surface area (Å²) < 4.78 is 6.21. The van der Waals surface area contributed by atoms with Gasteiger partial charge in [0, 0.05) is 32.7 Å². The molecule has 0 fully saturated rings. The van der Waals surface area contributed by atoms with E-state index in [2.05, 4.69) is 54.6 Å². The Labute approximate surface area is 190 Å². The molecule has 7 rings (SSSR count). The summed E-state index contributed by atoms with van der Waals surface area (Å²) in [6.45, 7) is 0. The monoisotopic (exact) mass is 422 g/mol. The van der Waals surface area contributed by atoms with E-state index in [4.69, 9.17) is 14.4 Å². The van der Waals surface area contributed by atoms with Gasteiger partial charge in [-0.05, 0) is 35.7 Å². The number of aromatic nitrogens is 2. The van der Waals surface area contributed by atoms with Crippen LogP contribution in [0.1, 0.15) is 0 Å². The Balaban J connectivity index is 1.46. The Kier molecular flexibility index (Phi) is 3.84. The van der Waals surface area contributed by atoms with E-state index in [0.717, 1.165) is 66.3 Å². The summed E-state index contributed by atoms with van der Waals surface area (Å²) in [4.78, 5) is 9.91. The third-order valence-electron chi connectivity index (χ3n) is 6.27. The molecule has 0 radical (unpaired) electrons. The van der Waals surface area contributed by atoms with Crippen LogP contribution in [-0.2, 0) is 0 Å². The van der Waals surface area contributed by atoms with Crippen LogP contribution in [0.25, 0.3) is 66.3 Å². The van der Waals surface area contributed by atoms with Gasteiger partial charge >= 0.3 is 0 Å². The third-order valence-corrected chi connectivity index (χ3v) is 6.27. The molecular weight excluding hydrogens is 404 g/mol. The lowest BCUT2D eigenvalue weighted by Crippen LogP contribution is -1.95. The van der Waals surface area contributed by atoms with Crippen molar-refractivity contribution in [2.45, 2.75) is 0 Å². The summed E-state index contributed by atoms with van der Waals surface area (Å²) in [5.74, 6) is 0.721. The van der Waals surface area contributed by atoms with Gasteiger partial charge in [-0.25, -0.2) is 9.97 Å². The van der Waals surface area contributed by atoms with E-state index in [1.807, 2.05) is 54.6 Å². The Bertz CT molecular complexity index is 1820. The SMILES string of the molecule is c1ccc(-c2nc(-c3ccc4c(ccc5c6ccccc6oc45)c3)nc3ccccc23)cc1. The summed E-state index contributed by atoms with van der Waals surface area (Å²) in [6, 6.07) is 37.3. The van der Waals surface area contributed by atoms with E-state index in [1.165, 1.54) is 0 Å². The first-order valence-corrected chi connectivity index (χ1v) is 11.0. The zero-order valence-corrected chi connectivity index (χ0v) is 17.7. The molecule has 0 aliphatic heterocycles. The summed E-state index contributed by atoms with van der Waals surface area (Å²) in [6.07, 6.45) is 0. The molecule has 2 aromatic heterocycles. The standard InChI is InChI=1S/C30H18N2O/c1-2-8-19(9-3-1)28-25-11-4-6-12-26(25)31-30(32-28)21-15-16-22-20(18-21)14-17-24-23-10-5-7-13-27(23)33-29(22)24/h1-18H. The zero-order chi connectivity index (χ0) is 21.8. The van der Waals surface area contributed by atoms with Gasteiger partial charge in [0.2, 0.25) is 0 Å². The predicted octanol–water partition coefficient (Wildman–Crippen LogP) is 8.02. The summed E-state index contributed by atoms with van der Waals surface area (Å²) in [5, 5.41) is 5.54. The molecule has 0 saturated carbocycles. The maximum absolute atomic E-state index is 6.21. The van der Waals surface area contributed by atoms with Gasteiger partial charge in [0.15, 0.2) is 5.82 Å². The molecule has 7 aromatic rings. The number of nitrogens with zero attached hydrogens (tertiary/aromatic N) is 2. The van der Waals surface area contributed by atoms with Gasteiger partial charge in [0.25, 0.3) is 0 Å². The van der Waals surface area contributed by atoms with Crippen LogP contribution in [0.2, 0.25) is 0 Å². The molecule has 0 atom stereocenters. The predicted molar refractivity (Wildman–Crippen MR) is 135 cm³/mol. The van der Waals surface area contributed by atoms with Crippen molar-refractivity contribution in [1.82, 2.24) is 9.97 Å². The van der Waals surface area contributed by atoms with Gasteiger partial charge in [-0.3, -0.25) is 0 Å². The second-order valence-electron chi connectivity index (χ2n) is 8.26. The van der Waals surface area contributed by atoms with Crippen molar-refractivity contribution >= 4 is 43.6 Å². The number of rotatable bonds is 2. The quantitative estimate of drug-likeness (QED) is 0.283. The zero-order valence-electron chi connectivity index (χ0n) is 17.7. The van der Waals surface area contributed by atoms with Crippen LogP contribution < -0.4 is 0 Å². The highest BCUT2D eigenvalue weighted by Gasteiger charge is 2.14. The van der Waals surface area contributed by atoms with Crippen molar-refractivity contribution in [3.05, 3.63) is 109 Å². The minimum atomic E-state index is 0.721. The first kappa shape index (κ1) is 18.1. The van der Waals surface area contributed by atoms with Crippen molar-refractivity contribution in [1.29, 1.82) is 0 Å². The molecule has 0 saturated heterocycles. The number of para-hydroxylation sites is 2. The van der Waals surface area contributed by atoms with E-state index < -0.39 is 0 Å². The molecular formula is C30H18N2O. The van der Waals surface area contributed by atoms with E-state index in [1.54, 1.807) is 0 Å².